The maximum atomic E-state index is 10.3. The highest BCUT2D eigenvalue weighted by Crippen LogP contribution is 2.12. The van der Waals surface area contributed by atoms with Gasteiger partial charge in [0.15, 0.2) is 11.4 Å². The zero-order valence-electron chi connectivity index (χ0n) is 7.33. The second kappa shape index (κ2) is 5.69. The van der Waals surface area contributed by atoms with Crippen LogP contribution in [-0.4, -0.2) is 44.9 Å². The highest BCUT2D eigenvalue weighted by atomic mass is 32.2. The van der Waals surface area contributed by atoms with E-state index < -0.39 is 6.10 Å². The number of carbonyl (C=O) groups is 1. The number of carbonyl (C=O) groups excluding carboxylic acids is 1. The van der Waals surface area contributed by atoms with E-state index in [1.807, 2.05) is 0 Å². The predicted molar refractivity (Wildman–Crippen MR) is 51.2 cm³/mol. The van der Waals surface area contributed by atoms with Gasteiger partial charge in [-0.3, -0.25) is 4.79 Å². The first-order valence-electron chi connectivity index (χ1n) is 3.95. The van der Waals surface area contributed by atoms with Crippen LogP contribution in [-0.2, 0) is 0 Å². The molecule has 1 unspecified atom stereocenters. The number of thioether (sulfide) groups is 1. The fourth-order valence-electron chi connectivity index (χ4n) is 0.685. The standard InChI is InChI=1S/C8H10N2O3S/c11-3-6-1-9-8(10-2-6)14-5-7(13)4-12/h1-3,7,12-13H,4-5H2. The van der Waals surface area contributed by atoms with Gasteiger partial charge in [0.2, 0.25) is 0 Å². The van der Waals surface area contributed by atoms with E-state index in [1.54, 1.807) is 0 Å². The summed E-state index contributed by atoms with van der Waals surface area (Å²) >= 11 is 1.22. The Labute approximate surface area is 85.2 Å². The van der Waals surface area contributed by atoms with Crippen molar-refractivity contribution in [1.82, 2.24) is 9.97 Å². The first-order valence-corrected chi connectivity index (χ1v) is 4.93. The molecule has 0 aliphatic heterocycles. The van der Waals surface area contributed by atoms with Gasteiger partial charge in [0.25, 0.3) is 0 Å². The van der Waals surface area contributed by atoms with E-state index in [1.165, 1.54) is 24.2 Å². The van der Waals surface area contributed by atoms with Gasteiger partial charge in [-0.15, -0.1) is 0 Å². The molecular formula is C8H10N2O3S. The molecule has 76 valence electrons. The first kappa shape index (κ1) is 11.1. The van der Waals surface area contributed by atoms with Gasteiger partial charge in [-0.25, -0.2) is 9.97 Å². The van der Waals surface area contributed by atoms with Crippen molar-refractivity contribution in [2.24, 2.45) is 0 Å². The van der Waals surface area contributed by atoms with E-state index in [2.05, 4.69) is 9.97 Å². The lowest BCUT2D eigenvalue weighted by atomic mass is 10.4. The molecule has 1 atom stereocenters. The van der Waals surface area contributed by atoms with Gasteiger partial charge in [-0.2, -0.15) is 0 Å². The molecule has 5 nitrogen and oxygen atoms in total. The fourth-order valence-corrected chi connectivity index (χ4v) is 1.39. The Kier molecular flexibility index (Phi) is 4.51. The van der Waals surface area contributed by atoms with Gasteiger partial charge in [-0.1, -0.05) is 11.8 Å². The Balaban J connectivity index is 2.47. The number of aromatic nitrogens is 2. The Morgan fingerprint density at radius 1 is 1.50 bits per heavy atom. The molecule has 0 saturated carbocycles. The molecule has 1 rings (SSSR count). The van der Waals surface area contributed by atoms with Gasteiger partial charge in [0.1, 0.15) is 0 Å². The SMILES string of the molecule is O=Cc1cnc(SCC(O)CO)nc1. The van der Waals surface area contributed by atoms with Gasteiger partial charge >= 0.3 is 0 Å². The minimum Gasteiger partial charge on any atom is -0.394 e. The zero-order valence-corrected chi connectivity index (χ0v) is 8.15. The van der Waals surface area contributed by atoms with Crippen LogP contribution in [0.3, 0.4) is 0 Å². The van der Waals surface area contributed by atoms with Gasteiger partial charge in [0, 0.05) is 18.1 Å². The van der Waals surface area contributed by atoms with E-state index in [0.717, 1.165) is 0 Å². The molecule has 1 heterocycles. The molecule has 0 radical (unpaired) electrons. The van der Waals surface area contributed by atoms with Crippen LogP contribution >= 0.6 is 11.8 Å². The molecule has 6 heteroatoms. The number of aliphatic hydroxyl groups excluding tert-OH is 2. The highest BCUT2D eigenvalue weighted by Gasteiger charge is 2.04. The second-order valence-corrected chi connectivity index (χ2v) is 3.55. The van der Waals surface area contributed by atoms with E-state index in [0.29, 0.717) is 22.8 Å². The van der Waals surface area contributed by atoms with Crippen LogP contribution in [0.1, 0.15) is 10.4 Å². The summed E-state index contributed by atoms with van der Waals surface area (Å²) in [5, 5.41) is 18.1. The predicted octanol–water partition coefficient (Wildman–Crippen LogP) is -0.266. The third kappa shape index (κ3) is 3.41. The molecule has 2 N–H and O–H groups in total. The van der Waals surface area contributed by atoms with Gasteiger partial charge in [0.05, 0.1) is 18.3 Å². The van der Waals surface area contributed by atoms with Gasteiger partial charge in [-0.05, 0) is 0 Å². The van der Waals surface area contributed by atoms with Crippen LogP contribution in [0.2, 0.25) is 0 Å². The number of rotatable bonds is 5. The van der Waals surface area contributed by atoms with E-state index in [-0.39, 0.29) is 6.61 Å². The third-order valence-electron chi connectivity index (χ3n) is 1.40. The summed E-state index contributed by atoms with van der Waals surface area (Å²) in [6.45, 7) is -0.278. The summed E-state index contributed by atoms with van der Waals surface area (Å²) in [4.78, 5) is 18.0. The van der Waals surface area contributed by atoms with Crippen molar-refractivity contribution in [2.75, 3.05) is 12.4 Å². The van der Waals surface area contributed by atoms with Crippen molar-refractivity contribution in [1.29, 1.82) is 0 Å². The number of hydrogen-bond donors (Lipinski definition) is 2. The van der Waals surface area contributed by atoms with Crippen molar-refractivity contribution in [3.8, 4) is 0 Å². The van der Waals surface area contributed by atoms with Crippen LogP contribution in [0, 0.1) is 0 Å². The first-order chi connectivity index (χ1) is 6.76. The summed E-state index contributed by atoms with van der Waals surface area (Å²) in [7, 11) is 0. The lowest BCUT2D eigenvalue weighted by Crippen LogP contribution is -2.14. The topological polar surface area (TPSA) is 83.3 Å². The molecule has 0 spiro atoms. The van der Waals surface area contributed by atoms with Crippen LogP contribution in [0.5, 0.6) is 0 Å². The van der Waals surface area contributed by atoms with Crippen LogP contribution < -0.4 is 0 Å². The Morgan fingerprint density at radius 3 is 2.64 bits per heavy atom. The lowest BCUT2D eigenvalue weighted by molar-refractivity contribution is 0.112. The molecule has 0 amide bonds. The summed E-state index contributed by atoms with van der Waals surface area (Å²) in [6, 6.07) is 0. The van der Waals surface area contributed by atoms with Crippen molar-refractivity contribution >= 4 is 18.0 Å². The average molecular weight is 214 g/mol. The lowest BCUT2D eigenvalue weighted by Gasteiger charge is -2.04. The molecule has 0 aliphatic rings. The van der Waals surface area contributed by atoms with Crippen molar-refractivity contribution in [3.05, 3.63) is 18.0 Å². The number of aliphatic hydroxyl groups is 2. The maximum absolute atomic E-state index is 10.3. The summed E-state index contributed by atoms with van der Waals surface area (Å²) < 4.78 is 0. The van der Waals surface area contributed by atoms with E-state index >= 15 is 0 Å². The van der Waals surface area contributed by atoms with Crippen molar-refractivity contribution < 1.29 is 15.0 Å². The molecular weight excluding hydrogens is 204 g/mol. The normalized spacial score (nSPS) is 12.4. The second-order valence-electron chi connectivity index (χ2n) is 2.56. The minimum atomic E-state index is -0.769. The van der Waals surface area contributed by atoms with E-state index in [9.17, 15) is 4.79 Å². The van der Waals surface area contributed by atoms with Crippen molar-refractivity contribution in [2.45, 2.75) is 11.3 Å². The summed E-state index contributed by atoms with van der Waals surface area (Å²) in [5.41, 5.74) is 0.414. The number of nitrogens with zero attached hydrogens (tertiary/aromatic N) is 2. The number of aldehydes is 1. The van der Waals surface area contributed by atoms with Crippen LogP contribution in [0.25, 0.3) is 0 Å². The molecule has 0 aromatic carbocycles. The number of hydrogen-bond acceptors (Lipinski definition) is 6. The molecule has 0 saturated heterocycles. The fraction of sp³-hybridized carbons (Fsp3) is 0.375. The minimum absolute atomic E-state index is 0.278. The smallest absolute Gasteiger partial charge is 0.187 e. The molecule has 1 aromatic heterocycles. The van der Waals surface area contributed by atoms with Crippen molar-refractivity contribution in [3.63, 3.8) is 0 Å². The molecule has 0 bridgehead atoms. The molecule has 0 fully saturated rings. The highest BCUT2D eigenvalue weighted by molar-refractivity contribution is 7.99. The summed E-state index contributed by atoms with van der Waals surface area (Å²) in [6.07, 6.45) is 2.72. The quantitative estimate of drug-likeness (QED) is 0.399. The van der Waals surface area contributed by atoms with Crippen LogP contribution in [0.15, 0.2) is 17.6 Å². The molecule has 1 aromatic rings. The van der Waals surface area contributed by atoms with Gasteiger partial charge < -0.3 is 10.2 Å². The Bertz CT molecular complexity index is 291. The molecule has 0 aliphatic carbocycles. The third-order valence-corrected chi connectivity index (χ3v) is 2.42. The molecule has 14 heavy (non-hydrogen) atoms. The largest absolute Gasteiger partial charge is 0.394 e. The Hall–Kier alpha value is -0.980. The zero-order chi connectivity index (χ0) is 10.4. The maximum Gasteiger partial charge on any atom is 0.187 e. The average Bonchev–Trinajstić information content (AvgIpc) is 2.26. The summed E-state index contributed by atoms with van der Waals surface area (Å²) in [5.74, 6) is 0.330. The Morgan fingerprint density at radius 2 is 2.14 bits per heavy atom. The van der Waals surface area contributed by atoms with E-state index in [4.69, 9.17) is 10.2 Å². The monoisotopic (exact) mass is 214 g/mol. The van der Waals surface area contributed by atoms with Crippen LogP contribution in [0.4, 0.5) is 0 Å².